The summed E-state index contributed by atoms with van der Waals surface area (Å²) in [7, 11) is 0. The molecule has 0 radical (unpaired) electrons. The van der Waals surface area contributed by atoms with Crippen molar-refractivity contribution >= 4 is 17.8 Å². The molecule has 0 bridgehead atoms. The monoisotopic (exact) mass is 332 g/mol. The molecule has 0 saturated heterocycles. The highest BCUT2D eigenvalue weighted by Crippen LogP contribution is 2.02. The fourth-order valence-electron chi connectivity index (χ4n) is 1.74. The molecule has 0 aliphatic heterocycles. The van der Waals surface area contributed by atoms with Crippen molar-refractivity contribution in [2.75, 3.05) is 18.5 Å². The summed E-state index contributed by atoms with van der Waals surface area (Å²) in [5.41, 5.74) is 0.753. The van der Waals surface area contributed by atoms with Gasteiger partial charge < -0.3 is 15.4 Å². The molecule has 2 N–H and O–H groups in total. The van der Waals surface area contributed by atoms with Crippen molar-refractivity contribution in [3.05, 3.63) is 54.1 Å². The van der Waals surface area contributed by atoms with Crippen LogP contribution in [0.4, 0.5) is 10.3 Å². The Morgan fingerprint density at radius 3 is 2.54 bits per heavy atom. The van der Waals surface area contributed by atoms with Crippen LogP contribution in [0.25, 0.3) is 0 Å². The molecule has 2 aromatic rings. The van der Waals surface area contributed by atoms with Gasteiger partial charge in [-0.3, -0.25) is 9.59 Å². The summed E-state index contributed by atoms with van der Waals surface area (Å²) in [6, 6.07) is 7.44. The average Bonchev–Trinajstić information content (AvgIpc) is 2.60. The molecule has 0 aliphatic carbocycles. The Hall–Kier alpha value is -3.03. The topological polar surface area (TPSA) is 93.2 Å². The van der Waals surface area contributed by atoms with Crippen LogP contribution in [0.15, 0.2) is 42.7 Å². The summed E-state index contributed by atoms with van der Waals surface area (Å²) >= 11 is 0. The minimum absolute atomic E-state index is 0.0868. The van der Waals surface area contributed by atoms with E-state index < -0.39 is 11.9 Å². The number of ether oxygens (including phenoxy) is 1. The molecule has 0 aliphatic rings. The number of amides is 1. The number of halogens is 1. The third-order valence-corrected chi connectivity index (χ3v) is 2.95. The van der Waals surface area contributed by atoms with Crippen LogP contribution in [0.1, 0.15) is 12.0 Å². The highest BCUT2D eigenvalue weighted by atomic mass is 19.1. The molecule has 1 aromatic carbocycles. The van der Waals surface area contributed by atoms with E-state index in [-0.39, 0.29) is 25.4 Å². The summed E-state index contributed by atoms with van der Waals surface area (Å²) in [6.45, 7) is 0.186. The molecule has 0 saturated carbocycles. The van der Waals surface area contributed by atoms with Crippen molar-refractivity contribution in [1.29, 1.82) is 0 Å². The zero-order chi connectivity index (χ0) is 17.2. The van der Waals surface area contributed by atoms with E-state index >= 15 is 0 Å². The number of hydrogen-bond donors (Lipinski definition) is 2. The van der Waals surface area contributed by atoms with E-state index in [1.165, 1.54) is 12.1 Å². The van der Waals surface area contributed by atoms with Crippen LogP contribution in [0.2, 0.25) is 0 Å². The Morgan fingerprint density at radius 2 is 1.83 bits per heavy atom. The minimum Gasteiger partial charge on any atom is -0.456 e. The predicted octanol–water partition coefficient (Wildman–Crippen LogP) is 1.28. The number of nitrogens with one attached hydrogen (secondary N) is 2. The van der Waals surface area contributed by atoms with E-state index in [2.05, 4.69) is 20.6 Å². The van der Waals surface area contributed by atoms with Gasteiger partial charge in [0.15, 0.2) is 6.61 Å². The quantitative estimate of drug-likeness (QED) is 0.707. The number of carbonyl (C=O) groups is 2. The number of esters is 1. The molecule has 7 nitrogen and oxygen atoms in total. The van der Waals surface area contributed by atoms with Crippen LogP contribution < -0.4 is 10.6 Å². The second kappa shape index (κ2) is 9.19. The largest absolute Gasteiger partial charge is 0.456 e. The molecule has 1 aromatic heterocycles. The first-order chi connectivity index (χ1) is 11.6. The van der Waals surface area contributed by atoms with Gasteiger partial charge in [0.2, 0.25) is 5.95 Å². The second-order valence-corrected chi connectivity index (χ2v) is 4.81. The lowest BCUT2D eigenvalue weighted by Gasteiger charge is -2.07. The van der Waals surface area contributed by atoms with Crippen molar-refractivity contribution < 1.29 is 18.7 Å². The third-order valence-electron chi connectivity index (χ3n) is 2.95. The van der Waals surface area contributed by atoms with Crippen LogP contribution in [-0.4, -0.2) is 35.0 Å². The number of anilines is 1. The summed E-state index contributed by atoms with van der Waals surface area (Å²) < 4.78 is 17.6. The van der Waals surface area contributed by atoms with Crippen LogP contribution in [-0.2, 0) is 20.9 Å². The summed E-state index contributed by atoms with van der Waals surface area (Å²) in [5.74, 6) is -0.849. The molecule has 1 heterocycles. The highest BCUT2D eigenvalue weighted by Gasteiger charge is 2.07. The normalized spacial score (nSPS) is 10.0. The fraction of sp³-hybridized carbons (Fsp3) is 0.250. The van der Waals surface area contributed by atoms with Gasteiger partial charge in [-0.1, -0.05) is 12.1 Å². The van der Waals surface area contributed by atoms with Gasteiger partial charge in [-0.15, -0.1) is 0 Å². The first-order valence-electron chi connectivity index (χ1n) is 7.31. The van der Waals surface area contributed by atoms with Crippen molar-refractivity contribution in [1.82, 2.24) is 15.3 Å². The average molecular weight is 332 g/mol. The maximum absolute atomic E-state index is 12.7. The molecule has 2 rings (SSSR count). The SMILES string of the molecule is O=C(COC(=O)CCNc1ncccn1)NCc1ccc(F)cc1. The summed E-state index contributed by atoms with van der Waals surface area (Å²) in [5, 5.41) is 5.44. The van der Waals surface area contributed by atoms with Crippen molar-refractivity contribution in [3.8, 4) is 0 Å². The van der Waals surface area contributed by atoms with Crippen LogP contribution >= 0.6 is 0 Å². The van der Waals surface area contributed by atoms with Crippen LogP contribution in [0, 0.1) is 5.82 Å². The van der Waals surface area contributed by atoms with Gasteiger partial charge in [-0.2, -0.15) is 0 Å². The molecule has 126 valence electrons. The van der Waals surface area contributed by atoms with Gasteiger partial charge in [0.05, 0.1) is 6.42 Å². The van der Waals surface area contributed by atoms with Gasteiger partial charge in [-0.25, -0.2) is 14.4 Å². The standard InChI is InChI=1S/C16H17FN4O3/c17-13-4-2-12(3-5-13)10-21-14(22)11-24-15(23)6-9-20-16-18-7-1-8-19-16/h1-5,7-8H,6,9-11H2,(H,21,22)(H,18,19,20). The minimum atomic E-state index is -0.504. The summed E-state index contributed by atoms with van der Waals surface area (Å²) in [4.78, 5) is 31.0. The lowest BCUT2D eigenvalue weighted by atomic mass is 10.2. The molecule has 0 spiro atoms. The number of hydrogen-bond acceptors (Lipinski definition) is 6. The first kappa shape index (κ1) is 17.3. The van der Waals surface area contributed by atoms with Crippen LogP contribution in [0.5, 0.6) is 0 Å². The first-order valence-corrected chi connectivity index (χ1v) is 7.31. The molecule has 24 heavy (non-hydrogen) atoms. The zero-order valence-electron chi connectivity index (χ0n) is 12.9. The van der Waals surface area contributed by atoms with Gasteiger partial charge in [0, 0.05) is 25.5 Å². The molecule has 0 fully saturated rings. The second-order valence-electron chi connectivity index (χ2n) is 4.81. The number of benzene rings is 1. The lowest BCUT2D eigenvalue weighted by molar-refractivity contribution is -0.148. The van der Waals surface area contributed by atoms with Gasteiger partial charge in [0.25, 0.3) is 5.91 Å². The van der Waals surface area contributed by atoms with E-state index in [9.17, 15) is 14.0 Å². The maximum Gasteiger partial charge on any atom is 0.308 e. The van der Waals surface area contributed by atoms with Gasteiger partial charge in [-0.05, 0) is 23.8 Å². The maximum atomic E-state index is 12.7. The number of nitrogens with zero attached hydrogens (tertiary/aromatic N) is 2. The smallest absolute Gasteiger partial charge is 0.308 e. The van der Waals surface area contributed by atoms with Crippen molar-refractivity contribution in [2.45, 2.75) is 13.0 Å². The van der Waals surface area contributed by atoms with Gasteiger partial charge >= 0.3 is 5.97 Å². The molecule has 0 atom stereocenters. The molecule has 1 amide bonds. The Morgan fingerprint density at radius 1 is 1.12 bits per heavy atom. The lowest BCUT2D eigenvalue weighted by Crippen LogP contribution is -2.28. The summed E-state index contributed by atoms with van der Waals surface area (Å²) in [6.07, 6.45) is 3.25. The van der Waals surface area contributed by atoms with E-state index in [0.717, 1.165) is 5.56 Å². The number of carbonyl (C=O) groups excluding carboxylic acids is 2. The van der Waals surface area contributed by atoms with E-state index in [0.29, 0.717) is 12.5 Å². The molecule has 8 heteroatoms. The zero-order valence-corrected chi connectivity index (χ0v) is 12.9. The van der Waals surface area contributed by atoms with E-state index in [4.69, 9.17) is 4.74 Å². The van der Waals surface area contributed by atoms with Crippen molar-refractivity contribution in [3.63, 3.8) is 0 Å². The van der Waals surface area contributed by atoms with E-state index in [1.807, 2.05) is 0 Å². The van der Waals surface area contributed by atoms with Crippen molar-refractivity contribution in [2.24, 2.45) is 0 Å². The highest BCUT2D eigenvalue weighted by molar-refractivity contribution is 5.80. The third kappa shape index (κ3) is 6.39. The Bertz CT molecular complexity index is 665. The Kier molecular flexibility index (Phi) is 6.63. The Labute approximate surface area is 138 Å². The van der Waals surface area contributed by atoms with Crippen LogP contribution in [0.3, 0.4) is 0 Å². The number of aromatic nitrogens is 2. The number of rotatable bonds is 8. The van der Waals surface area contributed by atoms with E-state index in [1.54, 1.807) is 30.6 Å². The van der Waals surface area contributed by atoms with Gasteiger partial charge in [0.1, 0.15) is 5.82 Å². The fourth-order valence-corrected chi connectivity index (χ4v) is 1.74. The Balaban J connectivity index is 1.59. The predicted molar refractivity (Wildman–Crippen MR) is 84.3 cm³/mol. The molecule has 0 unspecified atom stereocenters. The molecular formula is C16H17FN4O3. The molecular weight excluding hydrogens is 315 g/mol.